The summed E-state index contributed by atoms with van der Waals surface area (Å²) in [6.07, 6.45) is 0. The van der Waals surface area contributed by atoms with Crippen molar-refractivity contribution < 1.29 is 21.4 Å². The molecule has 0 aliphatic carbocycles. The first kappa shape index (κ1) is 18.4. The maximum Gasteiger partial charge on any atom is 0.267 e. The number of hydrogen-bond donors (Lipinski definition) is 1. The molecular weight excluding hydrogens is 354 g/mol. The van der Waals surface area contributed by atoms with Gasteiger partial charge in [0.25, 0.3) is 10.0 Å². The second kappa shape index (κ2) is 6.19. The van der Waals surface area contributed by atoms with Crippen LogP contribution in [0, 0.1) is 20.8 Å². The minimum absolute atomic E-state index is 0.00503. The van der Waals surface area contributed by atoms with E-state index in [9.17, 15) is 16.8 Å². The zero-order valence-electron chi connectivity index (χ0n) is 14.0. The van der Waals surface area contributed by atoms with Crippen molar-refractivity contribution in [2.75, 3.05) is 18.8 Å². The molecule has 132 valence electrons. The maximum absolute atomic E-state index is 12.6. The third-order valence-electron chi connectivity index (χ3n) is 3.47. The Hall–Kier alpha value is -1.91. The summed E-state index contributed by atoms with van der Waals surface area (Å²) in [5.74, 6) is 0.162. The Balaban J connectivity index is 2.51. The van der Waals surface area contributed by atoms with E-state index in [2.05, 4.69) is 9.88 Å². The molecule has 1 aromatic heterocycles. The fourth-order valence-electron chi connectivity index (χ4n) is 2.14. The zero-order chi connectivity index (χ0) is 18.3. The van der Waals surface area contributed by atoms with Crippen molar-refractivity contribution in [3.8, 4) is 0 Å². The minimum atomic E-state index is -3.95. The van der Waals surface area contributed by atoms with Crippen LogP contribution in [-0.4, -0.2) is 40.4 Å². The predicted molar refractivity (Wildman–Crippen MR) is 88.8 cm³/mol. The smallest absolute Gasteiger partial charge is 0.267 e. The first-order valence-corrected chi connectivity index (χ1v) is 9.88. The molecule has 10 heteroatoms. The second-order valence-electron chi connectivity index (χ2n) is 5.52. The van der Waals surface area contributed by atoms with Gasteiger partial charge in [-0.2, -0.15) is 0 Å². The number of aromatic nitrogens is 1. The Morgan fingerprint density at radius 2 is 1.71 bits per heavy atom. The van der Waals surface area contributed by atoms with Gasteiger partial charge in [0.05, 0.1) is 10.6 Å². The molecule has 0 aliphatic rings. The Bertz CT molecular complexity index is 956. The SMILES string of the molecule is Cc1ccc(S(=O)(=O)N(C)C)cc1NS(=O)(=O)c1c(C)noc1C. The van der Waals surface area contributed by atoms with Gasteiger partial charge in [-0.1, -0.05) is 11.2 Å². The van der Waals surface area contributed by atoms with Gasteiger partial charge in [-0.05, 0) is 38.5 Å². The average molecular weight is 373 g/mol. The molecule has 8 nitrogen and oxygen atoms in total. The molecule has 0 aliphatic heterocycles. The summed E-state index contributed by atoms with van der Waals surface area (Å²) >= 11 is 0. The summed E-state index contributed by atoms with van der Waals surface area (Å²) < 4.78 is 58.0. The predicted octanol–water partition coefficient (Wildman–Crippen LogP) is 1.65. The van der Waals surface area contributed by atoms with E-state index in [1.54, 1.807) is 13.0 Å². The molecule has 0 spiro atoms. The van der Waals surface area contributed by atoms with Crippen LogP contribution in [0.25, 0.3) is 0 Å². The highest BCUT2D eigenvalue weighted by Crippen LogP contribution is 2.26. The van der Waals surface area contributed by atoms with Gasteiger partial charge in [-0.3, -0.25) is 4.72 Å². The van der Waals surface area contributed by atoms with Crippen molar-refractivity contribution in [2.24, 2.45) is 0 Å². The minimum Gasteiger partial charge on any atom is -0.360 e. The molecular formula is C14H19N3O5S2. The molecule has 0 amide bonds. The van der Waals surface area contributed by atoms with Crippen LogP contribution >= 0.6 is 0 Å². The molecule has 0 saturated heterocycles. The topological polar surface area (TPSA) is 110 Å². The van der Waals surface area contributed by atoms with Crippen LogP contribution in [0.2, 0.25) is 0 Å². The van der Waals surface area contributed by atoms with E-state index in [-0.39, 0.29) is 26.9 Å². The van der Waals surface area contributed by atoms with Gasteiger partial charge in [-0.15, -0.1) is 0 Å². The number of benzene rings is 1. The number of sulfonamides is 2. The van der Waals surface area contributed by atoms with Gasteiger partial charge in [-0.25, -0.2) is 21.1 Å². The quantitative estimate of drug-likeness (QED) is 0.853. The molecule has 2 rings (SSSR count). The van der Waals surface area contributed by atoms with Crippen molar-refractivity contribution in [1.29, 1.82) is 0 Å². The molecule has 2 aromatic rings. The summed E-state index contributed by atoms with van der Waals surface area (Å²) in [7, 11) is -4.81. The molecule has 1 N–H and O–H groups in total. The van der Waals surface area contributed by atoms with E-state index in [4.69, 9.17) is 4.52 Å². The Labute approximate surface area is 141 Å². The monoisotopic (exact) mass is 373 g/mol. The van der Waals surface area contributed by atoms with E-state index in [0.717, 1.165) is 4.31 Å². The van der Waals surface area contributed by atoms with Crippen molar-refractivity contribution >= 4 is 25.7 Å². The lowest BCUT2D eigenvalue weighted by atomic mass is 10.2. The standard InChI is InChI=1S/C14H19N3O5S2/c1-9-6-7-12(24(20,21)17(4)5)8-13(9)16-23(18,19)14-10(2)15-22-11(14)3/h6-8,16H,1-5H3. The lowest BCUT2D eigenvalue weighted by molar-refractivity contribution is 0.390. The van der Waals surface area contributed by atoms with Gasteiger partial charge >= 0.3 is 0 Å². The summed E-state index contributed by atoms with van der Waals surface area (Å²) in [6, 6.07) is 4.26. The normalized spacial score (nSPS) is 12.6. The van der Waals surface area contributed by atoms with E-state index >= 15 is 0 Å². The summed E-state index contributed by atoms with van der Waals surface area (Å²) in [4.78, 5) is -0.0580. The Kier molecular flexibility index (Phi) is 4.75. The van der Waals surface area contributed by atoms with Gasteiger partial charge in [0, 0.05) is 14.1 Å². The summed E-state index contributed by atoms with van der Waals surface area (Å²) in [5, 5.41) is 3.63. The van der Waals surface area contributed by atoms with Gasteiger partial charge in [0.15, 0.2) is 10.7 Å². The van der Waals surface area contributed by atoms with E-state index < -0.39 is 20.0 Å². The van der Waals surface area contributed by atoms with Crippen LogP contribution < -0.4 is 4.72 Å². The van der Waals surface area contributed by atoms with Crippen LogP contribution in [-0.2, 0) is 20.0 Å². The maximum atomic E-state index is 12.6. The molecule has 24 heavy (non-hydrogen) atoms. The van der Waals surface area contributed by atoms with Gasteiger partial charge < -0.3 is 4.52 Å². The van der Waals surface area contributed by atoms with Gasteiger partial charge in [0.1, 0.15) is 5.69 Å². The Morgan fingerprint density at radius 1 is 1.08 bits per heavy atom. The lowest BCUT2D eigenvalue weighted by Crippen LogP contribution is -2.22. The zero-order valence-corrected chi connectivity index (χ0v) is 15.6. The van der Waals surface area contributed by atoms with Gasteiger partial charge in [0.2, 0.25) is 10.0 Å². The third kappa shape index (κ3) is 3.30. The molecule has 0 unspecified atom stereocenters. The number of rotatable bonds is 5. The van der Waals surface area contributed by atoms with Crippen molar-refractivity contribution in [2.45, 2.75) is 30.6 Å². The lowest BCUT2D eigenvalue weighted by Gasteiger charge is -2.15. The van der Waals surface area contributed by atoms with E-state index in [0.29, 0.717) is 5.56 Å². The summed E-state index contributed by atoms with van der Waals surface area (Å²) in [6.45, 7) is 4.69. The number of aryl methyl sites for hydroxylation is 3. The Morgan fingerprint density at radius 3 is 2.21 bits per heavy atom. The first-order chi connectivity index (χ1) is 11.0. The van der Waals surface area contributed by atoms with Crippen LogP contribution in [0.5, 0.6) is 0 Å². The first-order valence-electron chi connectivity index (χ1n) is 6.95. The molecule has 0 radical (unpaired) electrons. The fraction of sp³-hybridized carbons (Fsp3) is 0.357. The fourth-order valence-corrected chi connectivity index (χ4v) is 4.52. The second-order valence-corrected chi connectivity index (χ2v) is 9.29. The number of nitrogens with zero attached hydrogens (tertiary/aromatic N) is 2. The largest absolute Gasteiger partial charge is 0.360 e. The van der Waals surface area contributed by atoms with Crippen molar-refractivity contribution in [1.82, 2.24) is 9.46 Å². The number of hydrogen-bond acceptors (Lipinski definition) is 6. The highest BCUT2D eigenvalue weighted by Gasteiger charge is 2.26. The van der Waals surface area contributed by atoms with Crippen LogP contribution in [0.1, 0.15) is 17.0 Å². The summed E-state index contributed by atoms with van der Waals surface area (Å²) in [5.41, 5.74) is 0.996. The van der Waals surface area contributed by atoms with Crippen LogP contribution in [0.4, 0.5) is 5.69 Å². The highest BCUT2D eigenvalue weighted by molar-refractivity contribution is 7.92. The molecule has 0 saturated carbocycles. The van der Waals surface area contributed by atoms with Crippen molar-refractivity contribution in [3.63, 3.8) is 0 Å². The number of anilines is 1. The third-order valence-corrected chi connectivity index (χ3v) is 6.89. The van der Waals surface area contributed by atoms with Crippen LogP contribution in [0.3, 0.4) is 0 Å². The van der Waals surface area contributed by atoms with Crippen LogP contribution in [0.15, 0.2) is 32.5 Å². The molecule has 0 fully saturated rings. The molecule has 1 heterocycles. The number of nitrogens with one attached hydrogen (secondary N) is 1. The van der Waals surface area contributed by atoms with Crippen molar-refractivity contribution in [3.05, 3.63) is 35.2 Å². The molecule has 0 atom stereocenters. The van der Waals surface area contributed by atoms with E-state index in [1.165, 1.54) is 40.1 Å². The van der Waals surface area contributed by atoms with E-state index in [1.807, 2.05) is 0 Å². The molecule has 0 bridgehead atoms. The molecule has 1 aromatic carbocycles. The highest BCUT2D eigenvalue weighted by atomic mass is 32.2. The average Bonchev–Trinajstić information content (AvgIpc) is 2.80.